The van der Waals surface area contributed by atoms with Gasteiger partial charge < -0.3 is 26.4 Å². The molecule has 0 saturated heterocycles. The lowest BCUT2D eigenvalue weighted by Gasteiger charge is -2.07. The summed E-state index contributed by atoms with van der Waals surface area (Å²) in [6.45, 7) is 4.09. The van der Waals surface area contributed by atoms with Gasteiger partial charge in [0.15, 0.2) is 0 Å². The first-order chi connectivity index (χ1) is 12.1. The number of carboxylic acids is 2. The average molecular weight is 368 g/mol. The van der Waals surface area contributed by atoms with E-state index in [0.29, 0.717) is 12.3 Å². The van der Waals surface area contributed by atoms with Crippen LogP contribution in [0.4, 0.5) is 0 Å². The lowest BCUT2D eigenvalue weighted by Crippen LogP contribution is -2.31. The second-order valence-electron chi connectivity index (χ2n) is 6.20. The van der Waals surface area contributed by atoms with Crippen molar-refractivity contribution in [3.8, 4) is 0 Å². The first-order valence-corrected chi connectivity index (χ1v) is 8.29. The summed E-state index contributed by atoms with van der Waals surface area (Å²) >= 11 is 0. The van der Waals surface area contributed by atoms with Gasteiger partial charge in [-0.25, -0.2) is 0 Å². The van der Waals surface area contributed by atoms with Crippen LogP contribution in [0.3, 0.4) is 0 Å². The molecule has 0 amide bonds. The third-order valence-electron chi connectivity index (χ3n) is 3.26. The summed E-state index contributed by atoms with van der Waals surface area (Å²) in [4.78, 5) is 31.8. The summed E-state index contributed by atoms with van der Waals surface area (Å²) < 4.78 is 4.97. The molecule has 0 aromatic heterocycles. The minimum atomic E-state index is -1.11. The van der Waals surface area contributed by atoms with Gasteiger partial charge in [0.25, 0.3) is 0 Å². The Morgan fingerprint density at radius 2 is 1.54 bits per heavy atom. The van der Waals surface area contributed by atoms with Gasteiger partial charge in [-0.15, -0.1) is 0 Å². The van der Waals surface area contributed by atoms with Gasteiger partial charge in [0, 0.05) is 6.42 Å². The molecule has 0 aliphatic rings. The number of hydrogen-bond donors (Lipinski definition) is 4. The summed E-state index contributed by atoms with van der Waals surface area (Å²) in [5, 5.41) is 16.8. The van der Waals surface area contributed by atoms with Crippen LogP contribution in [0.2, 0.25) is 0 Å². The van der Waals surface area contributed by atoms with Crippen LogP contribution in [0.15, 0.2) is 30.3 Å². The molecule has 26 heavy (non-hydrogen) atoms. The molecule has 146 valence electrons. The minimum Gasteiger partial charge on any atom is -0.480 e. The van der Waals surface area contributed by atoms with Crippen molar-refractivity contribution in [1.82, 2.24) is 0 Å². The molecule has 0 radical (unpaired) electrons. The molecular weight excluding hydrogens is 340 g/mol. The first kappa shape index (κ1) is 23.5. The highest BCUT2D eigenvalue weighted by molar-refractivity contribution is 5.75. The fraction of sp³-hybridized carbons (Fsp3) is 0.500. The second kappa shape index (κ2) is 12.8. The van der Waals surface area contributed by atoms with Gasteiger partial charge in [-0.05, 0) is 24.3 Å². The molecular formula is C18H28N2O6. The first-order valence-electron chi connectivity index (χ1n) is 8.29. The summed E-state index contributed by atoms with van der Waals surface area (Å²) in [6.07, 6.45) is 0.651. The molecule has 1 rings (SSSR count). The van der Waals surface area contributed by atoms with E-state index in [9.17, 15) is 14.4 Å². The zero-order chi connectivity index (χ0) is 20.1. The Balaban J connectivity index is 0.000000590. The number of rotatable bonds is 9. The number of carboxylic acid groups (broad SMARTS) is 2. The molecule has 0 aliphatic heterocycles. The quantitative estimate of drug-likeness (QED) is 0.477. The van der Waals surface area contributed by atoms with Crippen LogP contribution >= 0.6 is 0 Å². The molecule has 8 nitrogen and oxygen atoms in total. The Hall–Kier alpha value is -2.45. The van der Waals surface area contributed by atoms with Crippen molar-refractivity contribution in [3.63, 3.8) is 0 Å². The van der Waals surface area contributed by atoms with Crippen LogP contribution in [0.5, 0.6) is 0 Å². The topological polar surface area (TPSA) is 153 Å². The number of aliphatic carboxylic acids is 2. The molecule has 0 spiro atoms. The van der Waals surface area contributed by atoms with E-state index in [2.05, 4.69) is 0 Å². The largest absolute Gasteiger partial charge is 0.480 e. The lowest BCUT2D eigenvalue weighted by molar-refractivity contribution is -0.145. The fourth-order valence-electron chi connectivity index (χ4n) is 1.82. The third kappa shape index (κ3) is 12.0. The Bertz CT molecular complexity index is 562. The molecule has 1 aromatic rings. The highest BCUT2D eigenvalue weighted by Crippen LogP contribution is 2.04. The van der Waals surface area contributed by atoms with Crippen molar-refractivity contribution in [2.24, 2.45) is 17.4 Å². The Labute approximate surface area is 153 Å². The molecule has 0 heterocycles. The van der Waals surface area contributed by atoms with E-state index in [4.69, 9.17) is 26.4 Å². The minimum absolute atomic E-state index is 0.0142. The zero-order valence-electron chi connectivity index (χ0n) is 15.1. The summed E-state index contributed by atoms with van der Waals surface area (Å²) in [6, 6.07) is 7.56. The smallest absolute Gasteiger partial charge is 0.320 e. The number of carbonyl (C=O) groups excluding carboxylic acids is 1. The number of esters is 1. The average Bonchev–Trinajstić information content (AvgIpc) is 2.58. The van der Waals surface area contributed by atoms with Crippen LogP contribution in [-0.2, 0) is 25.7 Å². The zero-order valence-corrected chi connectivity index (χ0v) is 15.1. The van der Waals surface area contributed by atoms with E-state index in [1.165, 1.54) is 0 Å². The number of ether oxygens (including phenoxy) is 1. The van der Waals surface area contributed by atoms with Gasteiger partial charge in [0.1, 0.15) is 18.7 Å². The van der Waals surface area contributed by atoms with Crippen LogP contribution in [0.1, 0.15) is 38.7 Å². The standard InChI is InChI=1S/C12H15NO4.C6H13NO2/c13-10(12(15)16)6-7-11(14)17-8-9-4-2-1-3-5-9;1-4(2)3-5(7)6(8)9/h1-5,10H,6-8,13H2,(H,15,16);4-5H,3,7H2,1-2H3,(H,8,9)/t10-;5-/m00/s1. The van der Waals surface area contributed by atoms with E-state index in [-0.39, 0.29) is 19.4 Å². The van der Waals surface area contributed by atoms with Gasteiger partial charge in [0.2, 0.25) is 0 Å². The van der Waals surface area contributed by atoms with E-state index in [1.807, 2.05) is 44.2 Å². The maximum atomic E-state index is 11.3. The lowest BCUT2D eigenvalue weighted by atomic mass is 10.1. The van der Waals surface area contributed by atoms with Crippen LogP contribution in [0.25, 0.3) is 0 Å². The van der Waals surface area contributed by atoms with E-state index in [1.54, 1.807) is 0 Å². The molecule has 0 fully saturated rings. The maximum Gasteiger partial charge on any atom is 0.320 e. The van der Waals surface area contributed by atoms with Gasteiger partial charge in [-0.3, -0.25) is 14.4 Å². The molecule has 0 bridgehead atoms. The summed E-state index contributed by atoms with van der Waals surface area (Å²) in [5.41, 5.74) is 11.4. The van der Waals surface area contributed by atoms with Crippen LogP contribution in [0, 0.1) is 5.92 Å². The Morgan fingerprint density at radius 1 is 1.00 bits per heavy atom. The monoisotopic (exact) mass is 368 g/mol. The molecule has 0 saturated carbocycles. The SMILES string of the molecule is CC(C)C[C@H](N)C(=O)O.N[C@@H](CCC(=O)OCc1ccccc1)C(=O)O. The predicted octanol–water partition coefficient (Wildman–Crippen LogP) is 1.37. The normalized spacial score (nSPS) is 12.5. The van der Waals surface area contributed by atoms with Crippen molar-refractivity contribution in [2.75, 3.05) is 0 Å². The van der Waals surface area contributed by atoms with Crippen LogP contribution < -0.4 is 11.5 Å². The van der Waals surface area contributed by atoms with E-state index < -0.39 is 30.0 Å². The van der Waals surface area contributed by atoms with E-state index >= 15 is 0 Å². The highest BCUT2D eigenvalue weighted by atomic mass is 16.5. The number of hydrogen-bond acceptors (Lipinski definition) is 6. The number of carbonyl (C=O) groups is 3. The van der Waals surface area contributed by atoms with Crippen molar-refractivity contribution in [3.05, 3.63) is 35.9 Å². The summed E-state index contributed by atoms with van der Waals surface area (Å²) in [5.74, 6) is -2.11. The highest BCUT2D eigenvalue weighted by Gasteiger charge is 2.14. The van der Waals surface area contributed by atoms with Crippen molar-refractivity contribution < 1.29 is 29.3 Å². The Kier molecular flexibility index (Phi) is 11.6. The van der Waals surface area contributed by atoms with Crippen molar-refractivity contribution >= 4 is 17.9 Å². The molecule has 0 aliphatic carbocycles. The van der Waals surface area contributed by atoms with E-state index in [0.717, 1.165) is 5.56 Å². The Morgan fingerprint density at radius 3 is 1.96 bits per heavy atom. The number of nitrogens with two attached hydrogens (primary N) is 2. The van der Waals surface area contributed by atoms with Crippen molar-refractivity contribution in [1.29, 1.82) is 0 Å². The van der Waals surface area contributed by atoms with Gasteiger partial charge in [-0.2, -0.15) is 0 Å². The molecule has 2 atom stereocenters. The van der Waals surface area contributed by atoms with Gasteiger partial charge in [-0.1, -0.05) is 44.2 Å². The molecule has 0 unspecified atom stereocenters. The fourth-order valence-corrected chi connectivity index (χ4v) is 1.82. The molecule has 6 N–H and O–H groups in total. The predicted molar refractivity (Wildman–Crippen MR) is 96.1 cm³/mol. The maximum absolute atomic E-state index is 11.3. The van der Waals surface area contributed by atoms with Gasteiger partial charge in [0.05, 0.1) is 0 Å². The van der Waals surface area contributed by atoms with Crippen molar-refractivity contribution in [2.45, 2.75) is 51.8 Å². The molecule has 1 aromatic carbocycles. The summed E-state index contributed by atoms with van der Waals surface area (Å²) in [7, 11) is 0. The third-order valence-corrected chi connectivity index (χ3v) is 3.26. The second-order valence-corrected chi connectivity index (χ2v) is 6.20. The van der Waals surface area contributed by atoms with Crippen LogP contribution in [-0.4, -0.2) is 40.2 Å². The molecule has 8 heteroatoms. The number of benzene rings is 1. The van der Waals surface area contributed by atoms with Gasteiger partial charge >= 0.3 is 17.9 Å².